The van der Waals surface area contributed by atoms with Gasteiger partial charge in [0, 0.05) is 10.7 Å². The molecule has 0 aromatic carbocycles. The molecule has 0 aliphatic heterocycles. The van der Waals surface area contributed by atoms with Gasteiger partial charge in [0.25, 0.3) is 10.0 Å². The highest BCUT2D eigenvalue weighted by molar-refractivity contribution is 9.10. The second kappa shape index (κ2) is 3.29. The van der Waals surface area contributed by atoms with Crippen LogP contribution < -0.4 is 5.14 Å². The summed E-state index contributed by atoms with van der Waals surface area (Å²) >= 11 is 8.64. The van der Waals surface area contributed by atoms with Crippen molar-refractivity contribution in [1.29, 1.82) is 0 Å². The third-order valence-corrected chi connectivity index (χ3v) is 2.74. The summed E-state index contributed by atoms with van der Waals surface area (Å²) in [6.45, 7) is 0. The zero-order valence-corrected chi connectivity index (χ0v) is 8.82. The Labute approximate surface area is 82.9 Å². The fraction of sp³-hybridized carbons (Fsp3) is 0. The first-order chi connectivity index (χ1) is 5.41. The van der Waals surface area contributed by atoms with Gasteiger partial charge in [0.1, 0.15) is 0 Å². The Kier molecular flexibility index (Phi) is 2.72. The van der Waals surface area contributed by atoms with Crippen molar-refractivity contribution in [3.05, 3.63) is 21.8 Å². The topological polar surface area (TPSA) is 73.1 Å². The molecule has 0 saturated heterocycles. The van der Waals surface area contributed by atoms with Crippen molar-refractivity contribution in [2.75, 3.05) is 0 Å². The van der Waals surface area contributed by atoms with Crippen LogP contribution in [0.1, 0.15) is 0 Å². The summed E-state index contributed by atoms with van der Waals surface area (Å²) in [6.07, 6.45) is 1.31. The number of pyridine rings is 1. The number of hydrogen-bond donors (Lipinski definition) is 1. The van der Waals surface area contributed by atoms with E-state index in [9.17, 15) is 8.42 Å². The van der Waals surface area contributed by atoms with Gasteiger partial charge in [-0.3, -0.25) is 0 Å². The number of primary sulfonamides is 1. The summed E-state index contributed by atoms with van der Waals surface area (Å²) in [5, 5.41) is 4.51. The Morgan fingerprint density at radius 3 is 2.58 bits per heavy atom. The van der Waals surface area contributed by atoms with Crippen LogP contribution in [0.2, 0.25) is 5.02 Å². The molecule has 0 bridgehead atoms. The number of nitrogens with zero attached hydrogens (tertiary/aromatic N) is 1. The molecule has 0 amide bonds. The SMILES string of the molecule is NS(=O)(=O)c1ncc(Br)cc1Cl. The number of nitrogens with two attached hydrogens (primary N) is 1. The molecule has 1 heterocycles. The van der Waals surface area contributed by atoms with Crippen LogP contribution in [0.15, 0.2) is 21.8 Å². The van der Waals surface area contributed by atoms with E-state index < -0.39 is 10.0 Å². The third-order valence-electron chi connectivity index (χ3n) is 1.04. The van der Waals surface area contributed by atoms with Crippen LogP contribution in [-0.2, 0) is 10.0 Å². The molecule has 1 aromatic heterocycles. The lowest BCUT2D eigenvalue weighted by Gasteiger charge is -1.99. The molecule has 1 aromatic rings. The molecule has 12 heavy (non-hydrogen) atoms. The fourth-order valence-electron chi connectivity index (χ4n) is 0.611. The molecule has 0 saturated carbocycles. The highest BCUT2D eigenvalue weighted by atomic mass is 79.9. The zero-order valence-electron chi connectivity index (χ0n) is 5.66. The summed E-state index contributed by atoms with van der Waals surface area (Å²) in [6, 6.07) is 1.41. The van der Waals surface area contributed by atoms with Gasteiger partial charge in [-0.25, -0.2) is 18.5 Å². The molecule has 7 heteroatoms. The first-order valence-electron chi connectivity index (χ1n) is 2.75. The van der Waals surface area contributed by atoms with Gasteiger partial charge in [-0.2, -0.15) is 0 Å². The van der Waals surface area contributed by atoms with E-state index in [4.69, 9.17) is 16.7 Å². The minimum absolute atomic E-state index is 0.00637. The predicted molar refractivity (Wildman–Crippen MR) is 48.3 cm³/mol. The van der Waals surface area contributed by atoms with E-state index in [0.29, 0.717) is 4.47 Å². The lowest BCUT2D eigenvalue weighted by molar-refractivity contribution is 0.594. The van der Waals surface area contributed by atoms with Crippen molar-refractivity contribution in [1.82, 2.24) is 4.98 Å². The monoisotopic (exact) mass is 270 g/mol. The summed E-state index contributed by atoms with van der Waals surface area (Å²) in [5.41, 5.74) is 0. The third kappa shape index (κ3) is 2.16. The largest absolute Gasteiger partial charge is 0.257 e. The smallest absolute Gasteiger partial charge is 0.241 e. The fourth-order valence-corrected chi connectivity index (χ4v) is 2.09. The van der Waals surface area contributed by atoms with Crippen molar-refractivity contribution in [2.45, 2.75) is 5.03 Å². The molecule has 4 nitrogen and oxygen atoms in total. The summed E-state index contributed by atoms with van der Waals surface area (Å²) < 4.78 is 22.2. The normalized spacial score (nSPS) is 11.6. The van der Waals surface area contributed by atoms with Crippen molar-refractivity contribution in [3.8, 4) is 0 Å². The Bertz CT molecular complexity index is 406. The second-order valence-electron chi connectivity index (χ2n) is 1.99. The van der Waals surface area contributed by atoms with Gasteiger partial charge in [-0.05, 0) is 22.0 Å². The molecule has 66 valence electrons. The summed E-state index contributed by atoms with van der Waals surface area (Å²) in [5.74, 6) is 0. The summed E-state index contributed by atoms with van der Waals surface area (Å²) in [7, 11) is -3.81. The van der Waals surface area contributed by atoms with Crippen LogP contribution in [0.3, 0.4) is 0 Å². The van der Waals surface area contributed by atoms with E-state index in [-0.39, 0.29) is 10.0 Å². The average molecular weight is 272 g/mol. The quantitative estimate of drug-likeness (QED) is 0.832. The molecular formula is C5H4BrClN2O2S. The molecule has 0 fully saturated rings. The molecule has 0 unspecified atom stereocenters. The van der Waals surface area contributed by atoms with Crippen molar-refractivity contribution < 1.29 is 8.42 Å². The molecule has 0 atom stereocenters. The highest BCUT2D eigenvalue weighted by Gasteiger charge is 2.14. The van der Waals surface area contributed by atoms with E-state index in [1.807, 2.05) is 0 Å². The van der Waals surface area contributed by atoms with Gasteiger partial charge >= 0.3 is 0 Å². The van der Waals surface area contributed by atoms with Crippen LogP contribution in [-0.4, -0.2) is 13.4 Å². The Morgan fingerprint density at radius 1 is 1.58 bits per heavy atom. The number of sulfonamides is 1. The molecule has 0 spiro atoms. The van der Waals surface area contributed by atoms with Crippen LogP contribution >= 0.6 is 27.5 Å². The van der Waals surface area contributed by atoms with Gasteiger partial charge in [-0.1, -0.05) is 11.6 Å². The lowest BCUT2D eigenvalue weighted by atomic mass is 10.5. The number of aromatic nitrogens is 1. The lowest BCUT2D eigenvalue weighted by Crippen LogP contribution is -2.14. The van der Waals surface area contributed by atoms with Crippen LogP contribution in [0.4, 0.5) is 0 Å². The maximum Gasteiger partial charge on any atom is 0.257 e. The first-order valence-corrected chi connectivity index (χ1v) is 5.47. The standard InChI is InChI=1S/C5H4BrClN2O2S/c6-3-1-4(7)5(9-2-3)12(8,10)11/h1-2H,(H2,8,10,11). The molecule has 0 aliphatic rings. The highest BCUT2D eigenvalue weighted by Crippen LogP contribution is 2.21. The average Bonchev–Trinajstić information content (AvgIpc) is 1.83. The van der Waals surface area contributed by atoms with E-state index in [2.05, 4.69) is 20.9 Å². The molecular weight excluding hydrogens is 267 g/mol. The predicted octanol–water partition coefficient (Wildman–Crippen LogP) is 1.14. The molecule has 0 aliphatic carbocycles. The van der Waals surface area contributed by atoms with Gasteiger partial charge in [0.05, 0.1) is 5.02 Å². The Hall–Kier alpha value is -0.170. The molecule has 1 rings (SSSR count). The van der Waals surface area contributed by atoms with Gasteiger partial charge in [0.15, 0.2) is 5.03 Å². The maximum absolute atomic E-state index is 10.8. The number of halogens is 2. The van der Waals surface area contributed by atoms with E-state index >= 15 is 0 Å². The van der Waals surface area contributed by atoms with Crippen LogP contribution in [0.25, 0.3) is 0 Å². The van der Waals surface area contributed by atoms with Crippen LogP contribution in [0.5, 0.6) is 0 Å². The first kappa shape index (κ1) is 9.91. The van der Waals surface area contributed by atoms with Crippen molar-refractivity contribution in [3.63, 3.8) is 0 Å². The van der Waals surface area contributed by atoms with E-state index in [1.54, 1.807) is 0 Å². The van der Waals surface area contributed by atoms with Crippen molar-refractivity contribution >= 4 is 37.6 Å². The Morgan fingerprint density at radius 2 is 2.17 bits per heavy atom. The van der Waals surface area contributed by atoms with Crippen molar-refractivity contribution in [2.24, 2.45) is 5.14 Å². The van der Waals surface area contributed by atoms with E-state index in [1.165, 1.54) is 12.3 Å². The number of rotatable bonds is 1. The minimum atomic E-state index is -3.81. The van der Waals surface area contributed by atoms with Crippen LogP contribution in [0, 0.1) is 0 Å². The second-order valence-corrected chi connectivity index (χ2v) is 4.79. The molecule has 0 radical (unpaired) electrons. The minimum Gasteiger partial charge on any atom is -0.241 e. The zero-order chi connectivity index (χ0) is 9.35. The van der Waals surface area contributed by atoms with E-state index in [0.717, 1.165) is 0 Å². The number of hydrogen-bond acceptors (Lipinski definition) is 3. The van der Waals surface area contributed by atoms with Gasteiger partial charge < -0.3 is 0 Å². The van der Waals surface area contributed by atoms with Gasteiger partial charge in [-0.15, -0.1) is 0 Å². The summed E-state index contributed by atoms with van der Waals surface area (Å²) in [4.78, 5) is 3.56. The van der Waals surface area contributed by atoms with Gasteiger partial charge in [0.2, 0.25) is 0 Å². The molecule has 2 N–H and O–H groups in total. The Balaban J connectivity index is 3.39. The maximum atomic E-state index is 10.8.